The van der Waals surface area contributed by atoms with Crippen molar-refractivity contribution in [2.24, 2.45) is 0 Å². The van der Waals surface area contributed by atoms with Gasteiger partial charge in [0, 0.05) is 23.3 Å². The Morgan fingerprint density at radius 2 is 2.04 bits per heavy atom. The Kier molecular flexibility index (Phi) is 5.10. The predicted octanol–water partition coefficient (Wildman–Crippen LogP) is 4.23. The Morgan fingerprint density at radius 3 is 2.82 bits per heavy atom. The number of ether oxygens (including phenoxy) is 2. The van der Waals surface area contributed by atoms with E-state index in [0.717, 1.165) is 53.0 Å². The summed E-state index contributed by atoms with van der Waals surface area (Å²) in [5, 5.41) is 4.20. The van der Waals surface area contributed by atoms with E-state index in [9.17, 15) is 4.79 Å². The van der Waals surface area contributed by atoms with Crippen molar-refractivity contribution in [3.05, 3.63) is 59.8 Å². The maximum absolute atomic E-state index is 12.9. The fourth-order valence-electron chi connectivity index (χ4n) is 3.93. The monoisotopic (exact) mass is 379 g/mol. The summed E-state index contributed by atoms with van der Waals surface area (Å²) in [6.45, 7) is 1.19. The van der Waals surface area contributed by atoms with Crippen LogP contribution < -0.4 is 14.8 Å². The number of benzene rings is 2. The molecule has 0 aliphatic carbocycles. The van der Waals surface area contributed by atoms with Gasteiger partial charge in [-0.3, -0.25) is 0 Å². The molecule has 28 heavy (non-hydrogen) atoms. The number of aromatic nitrogens is 1. The minimum Gasteiger partial charge on any atom is -0.497 e. The van der Waals surface area contributed by atoms with Gasteiger partial charge in [0.05, 0.1) is 26.8 Å². The number of nitrogens with zero attached hydrogens (tertiary/aromatic N) is 1. The highest BCUT2D eigenvalue weighted by Crippen LogP contribution is 2.38. The number of hydrogen-bond acceptors (Lipinski definition) is 3. The van der Waals surface area contributed by atoms with Gasteiger partial charge in [-0.25, -0.2) is 4.79 Å². The highest BCUT2D eigenvalue weighted by Gasteiger charge is 2.32. The average molecular weight is 379 g/mol. The Labute approximate surface area is 164 Å². The molecule has 0 bridgehead atoms. The van der Waals surface area contributed by atoms with E-state index in [1.54, 1.807) is 14.2 Å². The van der Waals surface area contributed by atoms with Gasteiger partial charge in [-0.1, -0.05) is 18.2 Å². The maximum Gasteiger partial charge on any atom is 0.318 e. The third-order valence-electron chi connectivity index (χ3n) is 5.33. The largest absolute Gasteiger partial charge is 0.497 e. The molecule has 1 aliphatic rings. The molecule has 0 saturated carbocycles. The number of methoxy groups -OCH3 is 2. The molecule has 1 atom stereocenters. The van der Waals surface area contributed by atoms with Crippen LogP contribution in [0.25, 0.3) is 10.9 Å². The standard InChI is InChI=1S/C22H25N3O3/c1-27-17-9-10-21(28-2)18(13-17)20-8-5-11-25(20)22(26)23-14-16-12-15-6-3-4-7-19(15)24-16/h3-4,6-7,9-10,12-13,20,24H,5,8,11,14H2,1-2H3,(H,23,26). The molecule has 1 aliphatic heterocycles. The first kappa shape index (κ1) is 18.2. The average Bonchev–Trinajstić information content (AvgIpc) is 3.38. The van der Waals surface area contributed by atoms with Crippen molar-refractivity contribution in [1.29, 1.82) is 0 Å². The van der Waals surface area contributed by atoms with Gasteiger partial charge in [-0.05, 0) is 48.6 Å². The second-order valence-corrected chi connectivity index (χ2v) is 7.00. The molecule has 0 radical (unpaired) electrons. The Hall–Kier alpha value is -3.15. The van der Waals surface area contributed by atoms with Crippen LogP contribution in [-0.4, -0.2) is 36.7 Å². The van der Waals surface area contributed by atoms with Crippen LogP contribution in [0.2, 0.25) is 0 Å². The highest BCUT2D eigenvalue weighted by atomic mass is 16.5. The van der Waals surface area contributed by atoms with Crippen LogP contribution in [0.15, 0.2) is 48.5 Å². The van der Waals surface area contributed by atoms with E-state index in [2.05, 4.69) is 22.4 Å². The molecule has 4 rings (SSSR count). The van der Waals surface area contributed by atoms with Gasteiger partial charge in [0.15, 0.2) is 0 Å². The van der Waals surface area contributed by atoms with Crippen LogP contribution in [-0.2, 0) is 6.54 Å². The number of H-pyrrole nitrogens is 1. The lowest BCUT2D eigenvalue weighted by atomic mass is 10.0. The Bertz CT molecular complexity index is 949. The second-order valence-electron chi connectivity index (χ2n) is 7.00. The van der Waals surface area contributed by atoms with Crippen LogP contribution in [0.1, 0.15) is 30.1 Å². The number of carbonyl (C=O) groups excluding carboxylic acids is 1. The van der Waals surface area contributed by atoms with Gasteiger partial charge < -0.3 is 24.7 Å². The number of fused-ring (bicyclic) bond motifs is 1. The molecule has 2 heterocycles. The molecule has 1 unspecified atom stereocenters. The zero-order valence-electron chi connectivity index (χ0n) is 16.2. The van der Waals surface area contributed by atoms with Crippen molar-refractivity contribution in [2.45, 2.75) is 25.4 Å². The summed E-state index contributed by atoms with van der Waals surface area (Å²) in [6.07, 6.45) is 1.87. The molecule has 3 aromatic rings. The molecule has 6 nitrogen and oxygen atoms in total. The predicted molar refractivity (Wildman–Crippen MR) is 109 cm³/mol. The normalized spacial score (nSPS) is 16.4. The van der Waals surface area contributed by atoms with E-state index in [0.29, 0.717) is 6.54 Å². The fourth-order valence-corrected chi connectivity index (χ4v) is 3.93. The van der Waals surface area contributed by atoms with Crippen molar-refractivity contribution in [2.75, 3.05) is 20.8 Å². The lowest BCUT2D eigenvalue weighted by Crippen LogP contribution is -2.39. The van der Waals surface area contributed by atoms with E-state index in [1.165, 1.54) is 0 Å². The van der Waals surface area contributed by atoms with Crippen molar-refractivity contribution in [1.82, 2.24) is 15.2 Å². The summed E-state index contributed by atoms with van der Waals surface area (Å²) in [5.74, 6) is 1.54. The number of amides is 2. The van der Waals surface area contributed by atoms with Gasteiger partial charge in [0.2, 0.25) is 0 Å². The third kappa shape index (κ3) is 3.50. The minimum atomic E-state index is -0.0639. The van der Waals surface area contributed by atoms with Crippen molar-refractivity contribution in [3.8, 4) is 11.5 Å². The lowest BCUT2D eigenvalue weighted by molar-refractivity contribution is 0.191. The summed E-state index contributed by atoms with van der Waals surface area (Å²) in [5.41, 5.74) is 3.05. The summed E-state index contributed by atoms with van der Waals surface area (Å²) in [7, 11) is 3.30. The van der Waals surface area contributed by atoms with E-state index in [-0.39, 0.29) is 12.1 Å². The van der Waals surface area contributed by atoms with Crippen LogP contribution in [0.5, 0.6) is 11.5 Å². The quantitative estimate of drug-likeness (QED) is 0.697. The summed E-state index contributed by atoms with van der Waals surface area (Å²) in [4.78, 5) is 18.1. The topological polar surface area (TPSA) is 66.6 Å². The number of nitrogens with one attached hydrogen (secondary N) is 2. The molecule has 1 aromatic heterocycles. The molecule has 6 heteroatoms. The number of aromatic amines is 1. The molecule has 2 N–H and O–H groups in total. The first-order valence-electron chi connectivity index (χ1n) is 9.52. The highest BCUT2D eigenvalue weighted by molar-refractivity contribution is 5.80. The molecular formula is C22H25N3O3. The Morgan fingerprint density at radius 1 is 1.18 bits per heavy atom. The molecule has 2 aromatic carbocycles. The first-order valence-corrected chi connectivity index (χ1v) is 9.52. The molecule has 0 spiro atoms. The van der Waals surface area contributed by atoms with Crippen LogP contribution >= 0.6 is 0 Å². The van der Waals surface area contributed by atoms with Crippen molar-refractivity contribution in [3.63, 3.8) is 0 Å². The van der Waals surface area contributed by atoms with Crippen LogP contribution in [0.4, 0.5) is 4.79 Å². The number of carbonyl (C=O) groups is 1. The van der Waals surface area contributed by atoms with E-state index in [1.807, 2.05) is 41.3 Å². The maximum atomic E-state index is 12.9. The molecule has 146 valence electrons. The third-order valence-corrected chi connectivity index (χ3v) is 5.33. The number of rotatable bonds is 5. The zero-order valence-corrected chi connectivity index (χ0v) is 16.2. The van der Waals surface area contributed by atoms with E-state index < -0.39 is 0 Å². The lowest BCUT2D eigenvalue weighted by Gasteiger charge is -2.26. The second kappa shape index (κ2) is 7.84. The molecule has 1 saturated heterocycles. The minimum absolute atomic E-state index is 0.0206. The number of para-hydroxylation sites is 1. The van der Waals surface area contributed by atoms with E-state index in [4.69, 9.17) is 9.47 Å². The van der Waals surface area contributed by atoms with Crippen molar-refractivity contribution >= 4 is 16.9 Å². The van der Waals surface area contributed by atoms with Gasteiger partial charge >= 0.3 is 6.03 Å². The Balaban J connectivity index is 1.49. The van der Waals surface area contributed by atoms with Gasteiger partial charge in [-0.15, -0.1) is 0 Å². The van der Waals surface area contributed by atoms with Gasteiger partial charge in [-0.2, -0.15) is 0 Å². The summed E-state index contributed by atoms with van der Waals surface area (Å²) < 4.78 is 10.9. The van der Waals surface area contributed by atoms with E-state index >= 15 is 0 Å². The number of likely N-dealkylation sites (tertiary alicyclic amines) is 1. The first-order chi connectivity index (χ1) is 13.7. The van der Waals surface area contributed by atoms with Gasteiger partial charge in [0.1, 0.15) is 11.5 Å². The SMILES string of the molecule is COc1ccc(OC)c(C2CCCN2C(=O)NCc2cc3ccccc3[nH]2)c1. The number of urea groups is 1. The smallest absolute Gasteiger partial charge is 0.318 e. The fraction of sp³-hybridized carbons (Fsp3) is 0.318. The molecule has 1 fully saturated rings. The van der Waals surface area contributed by atoms with Gasteiger partial charge in [0.25, 0.3) is 0 Å². The van der Waals surface area contributed by atoms with Crippen LogP contribution in [0.3, 0.4) is 0 Å². The molecular weight excluding hydrogens is 354 g/mol. The summed E-state index contributed by atoms with van der Waals surface area (Å²) >= 11 is 0. The van der Waals surface area contributed by atoms with Crippen LogP contribution in [0, 0.1) is 0 Å². The zero-order chi connectivity index (χ0) is 19.5. The number of hydrogen-bond donors (Lipinski definition) is 2. The van der Waals surface area contributed by atoms with Crippen molar-refractivity contribution < 1.29 is 14.3 Å². The molecule has 2 amide bonds. The summed E-state index contributed by atoms with van der Waals surface area (Å²) in [6, 6.07) is 15.8.